The summed E-state index contributed by atoms with van der Waals surface area (Å²) in [5.41, 5.74) is 5.21. The minimum atomic E-state index is -0.746. The zero-order chi connectivity index (χ0) is 22.1. The number of aryl methyl sites for hydroxylation is 1. The summed E-state index contributed by atoms with van der Waals surface area (Å²) < 4.78 is 8.30. The summed E-state index contributed by atoms with van der Waals surface area (Å²) in [6.07, 6.45) is 7.23. The Kier molecular flexibility index (Phi) is 5.61. The Morgan fingerprint density at radius 1 is 1.09 bits per heavy atom. The molecule has 1 aliphatic heterocycles. The molecule has 1 atom stereocenters. The number of aromatic nitrogens is 1. The summed E-state index contributed by atoms with van der Waals surface area (Å²) in [5.74, 6) is 0.629. The molecule has 0 amide bonds. The number of benzene rings is 2. The van der Waals surface area contributed by atoms with Crippen LogP contribution in [-0.4, -0.2) is 15.6 Å². The molecule has 5 nitrogen and oxygen atoms in total. The van der Waals surface area contributed by atoms with Gasteiger partial charge in [-0.25, -0.2) is 0 Å². The van der Waals surface area contributed by atoms with Gasteiger partial charge in [0.15, 0.2) is 0 Å². The molecule has 164 valence electrons. The van der Waals surface area contributed by atoms with Crippen molar-refractivity contribution in [2.75, 3.05) is 0 Å². The molecular formula is C27H28N2O3. The van der Waals surface area contributed by atoms with Crippen molar-refractivity contribution < 1.29 is 14.6 Å². The maximum atomic E-state index is 11.2. The van der Waals surface area contributed by atoms with Crippen LogP contribution in [0.5, 0.6) is 5.75 Å². The number of carboxylic acids is 1. The molecule has 5 heteroatoms. The van der Waals surface area contributed by atoms with Gasteiger partial charge in [-0.05, 0) is 66.6 Å². The molecule has 2 aliphatic rings. The van der Waals surface area contributed by atoms with E-state index in [-0.39, 0.29) is 12.3 Å². The van der Waals surface area contributed by atoms with Gasteiger partial charge in [0.25, 0.3) is 0 Å². The molecule has 1 fully saturated rings. The summed E-state index contributed by atoms with van der Waals surface area (Å²) in [5, 5.41) is 19.9. The standard InChI is InChI=1S/C27H28N2O3/c28-16-22-12-18(6-8-24(22)19-4-2-1-3-5-19)17-32-23-7-9-25-21(13-23)14-26-20(15-27(30)31)10-11-29(25)26/h6-9,12-14,19-20H,1-5,10-11,15,17H2,(H,30,31)/t20-/m0/s1. The highest BCUT2D eigenvalue weighted by molar-refractivity contribution is 5.83. The number of carbonyl (C=O) groups is 1. The van der Waals surface area contributed by atoms with Crippen LogP contribution in [0.3, 0.4) is 0 Å². The average molecular weight is 429 g/mol. The second kappa shape index (κ2) is 8.70. The third-order valence-electron chi connectivity index (χ3n) is 7.13. The minimum absolute atomic E-state index is 0.0800. The van der Waals surface area contributed by atoms with Gasteiger partial charge in [0.2, 0.25) is 0 Å². The van der Waals surface area contributed by atoms with Gasteiger partial charge < -0.3 is 14.4 Å². The highest BCUT2D eigenvalue weighted by atomic mass is 16.5. The van der Waals surface area contributed by atoms with E-state index < -0.39 is 5.97 Å². The second-order valence-electron chi connectivity index (χ2n) is 9.18. The van der Waals surface area contributed by atoms with Crippen LogP contribution in [0.15, 0.2) is 42.5 Å². The van der Waals surface area contributed by atoms with Gasteiger partial charge in [0.1, 0.15) is 12.4 Å². The van der Waals surface area contributed by atoms with Crippen LogP contribution >= 0.6 is 0 Å². The van der Waals surface area contributed by atoms with Crippen molar-refractivity contribution in [2.45, 2.75) is 69.9 Å². The smallest absolute Gasteiger partial charge is 0.304 e. The molecule has 1 N–H and O–H groups in total. The van der Waals surface area contributed by atoms with Gasteiger partial charge in [-0.3, -0.25) is 4.79 Å². The number of aliphatic carboxylic acids is 1. The Labute approximate surface area is 188 Å². The Balaban J connectivity index is 1.31. The predicted octanol–water partition coefficient (Wildman–Crippen LogP) is 6.10. The average Bonchev–Trinajstić information content (AvgIpc) is 3.37. The number of nitrogens with zero attached hydrogens (tertiary/aromatic N) is 2. The predicted molar refractivity (Wildman–Crippen MR) is 123 cm³/mol. The van der Waals surface area contributed by atoms with E-state index in [1.165, 1.54) is 37.7 Å². The zero-order valence-electron chi connectivity index (χ0n) is 18.2. The monoisotopic (exact) mass is 428 g/mol. The van der Waals surface area contributed by atoms with Crippen LogP contribution in [-0.2, 0) is 17.9 Å². The van der Waals surface area contributed by atoms with E-state index in [1.54, 1.807) is 0 Å². The van der Waals surface area contributed by atoms with E-state index in [9.17, 15) is 15.2 Å². The molecular weight excluding hydrogens is 400 g/mol. The molecule has 0 unspecified atom stereocenters. The van der Waals surface area contributed by atoms with Gasteiger partial charge >= 0.3 is 5.97 Å². The van der Waals surface area contributed by atoms with Crippen molar-refractivity contribution in [3.8, 4) is 11.8 Å². The second-order valence-corrected chi connectivity index (χ2v) is 9.18. The van der Waals surface area contributed by atoms with Crippen molar-refractivity contribution >= 4 is 16.9 Å². The molecule has 1 aromatic heterocycles. The van der Waals surface area contributed by atoms with Gasteiger partial charge in [-0.15, -0.1) is 0 Å². The van der Waals surface area contributed by atoms with Crippen molar-refractivity contribution in [1.82, 2.24) is 4.57 Å². The maximum absolute atomic E-state index is 11.2. The largest absolute Gasteiger partial charge is 0.489 e. The van der Waals surface area contributed by atoms with Crippen LogP contribution in [0.25, 0.3) is 10.9 Å². The normalized spacial score (nSPS) is 18.4. The fourth-order valence-corrected chi connectivity index (χ4v) is 5.52. The summed E-state index contributed by atoms with van der Waals surface area (Å²) >= 11 is 0. The number of nitriles is 1. The number of hydrogen-bond acceptors (Lipinski definition) is 3. The van der Waals surface area contributed by atoms with E-state index in [0.29, 0.717) is 12.5 Å². The molecule has 0 spiro atoms. The van der Waals surface area contributed by atoms with E-state index >= 15 is 0 Å². The first kappa shape index (κ1) is 20.6. The molecule has 2 aromatic carbocycles. The lowest BCUT2D eigenvalue weighted by Gasteiger charge is -2.23. The summed E-state index contributed by atoms with van der Waals surface area (Å²) in [6, 6.07) is 16.8. The summed E-state index contributed by atoms with van der Waals surface area (Å²) in [7, 11) is 0. The van der Waals surface area contributed by atoms with E-state index in [2.05, 4.69) is 34.9 Å². The summed E-state index contributed by atoms with van der Waals surface area (Å²) in [6.45, 7) is 1.28. The molecule has 32 heavy (non-hydrogen) atoms. The SMILES string of the molecule is N#Cc1cc(COc2ccc3c(c2)cc2n3CC[C@H]2CC(=O)O)ccc1C1CCCCC1. The Morgan fingerprint density at radius 3 is 2.72 bits per heavy atom. The van der Waals surface area contributed by atoms with Crippen LogP contribution < -0.4 is 4.74 Å². The highest BCUT2D eigenvalue weighted by Gasteiger charge is 2.26. The molecule has 1 saturated carbocycles. The highest BCUT2D eigenvalue weighted by Crippen LogP contribution is 2.38. The topological polar surface area (TPSA) is 75.2 Å². The van der Waals surface area contributed by atoms with Crippen LogP contribution in [0.4, 0.5) is 0 Å². The lowest BCUT2D eigenvalue weighted by atomic mass is 9.82. The van der Waals surface area contributed by atoms with E-state index in [1.807, 2.05) is 18.2 Å². The van der Waals surface area contributed by atoms with Gasteiger partial charge in [-0.1, -0.05) is 31.4 Å². The van der Waals surface area contributed by atoms with Crippen molar-refractivity contribution in [3.63, 3.8) is 0 Å². The van der Waals surface area contributed by atoms with Gasteiger partial charge in [0, 0.05) is 29.1 Å². The molecule has 0 bridgehead atoms. The fourth-order valence-electron chi connectivity index (χ4n) is 5.52. The van der Waals surface area contributed by atoms with E-state index in [4.69, 9.17) is 4.74 Å². The molecule has 5 rings (SSSR count). The Bertz CT molecular complexity index is 1200. The molecule has 3 aromatic rings. The van der Waals surface area contributed by atoms with Crippen molar-refractivity contribution in [3.05, 3.63) is 64.8 Å². The Hall–Kier alpha value is -3.26. The number of fused-ring (bicyclic) bond motifs is 3. The molecule has 0 radical (unpaired) electrons. The first-order valence-corrected chi connectivity index (χ1v) is 11.6. The van der Waals surface area contributed by atoms with Crippen LogP contribution in [0.1, 0.15) is 79.2 Å². The molecule has 1 aliphatic carbocycles. The number of hydrogen-bond donors (Lipinski definition) is 1. The van der Waals surface area contributed by atoms with Crippen LogP contribution in [0.2, 0.25) is 0 Å². The molecule has 2 heterocycles. The third kappa shape index (κ3) is 3.98. The maximum Gasteiger partial charge on any atom is 0.304 e. The number of carboxylic acid groups (broad SMARTS) is 1. The van der Waals surface area contributed by atoms with Crippen molar-refractivity contribution in [2.24, 2.45) is 0 Å². The first-order chi connectivity index (χ1) is 15.6. The van der Waals surface area contributed by atoms with Gasteiger partial charge in [-0.2, -0.15) is 5.26 Å². The third-order valence-corrected chi connectivity index (χ3v) is 7.13. The minimum Gasteiger partial charge on any atom is -0.489 e. The summed E-state index contributed by atoms with van der Waals surface area (Å²) in [4.78, 5) is 11.2. The lowest BCUT2D eigenvalue weighted by Crippen LogP contribution is -2.07. The Morgan fingerprint density at radius 2 is 1.94 bits per heavy atom. The quantitative estimate of drug-likeness (QED) is 0.515. The number of ether oxygens (including phenoxy) is 1. The van der Waals surface area contributed by atoms with Crippen LogP contribution in [0, 0.1) is 11.3 Å². The van der Waals surface area contributed by atoms with Crippen molar-refractivity contribution in [1.29, 1.82) is 5.26 Å². The lowest BCUT2D eigenvalue weighted by molar-refractivity contribution is -0.137. The van der Waals surface area contributed by atoms with E-state index in [0.717, 1.165) is 46.4 Å². The first-order valence-electron chi connectivity index (χ1n) is 11.6. The zero-order valence-corrected chi connectivity index (χ0v) is 18.2. The fraction of sp³-hybridized carbons (Fsp3) is 0.407. The van der Waals surface area contributed by atoms with Gasteiger partial charge in [0.05, 0.1) is 18.1 Å². The number of rotatable bonds is 6. The molecule has 0 saturated heterocycles.